The Hall–Kier alpha value is -2.62. The number of rotatable bonds is 8. The number of ketones is 1. The van der Waals surface area contributed by atoms with Crippen LogP contribution in [-0.4, -0.2) is 18.3 Å². The molecule has 2 aromatic carbocycles. The first-order valence-electron chi connectivity index (χ1n) is 8.20. The Balaban J connectivity index is 1.81. The molecular weight excluding hydrogens is 302 g/mol. The minimum absolute atomic E-state index is 0.0411. The van der Waals surface area contributed by atoms with Crippen molar-refractivity contribution in [2.45, 2.75) is 32.7 Å². The van der Waals surface area contributed by atoms with Gasteiger partial charge in [-0.1, -0.05) is 30.3 Å². The first kappa shape index (κ1) is 17.7. The van der Waals surface area contributed by atoms with E-state index in [-0.39, 0.29) is 30.6 Å². The van der Waals surface area contributed by atoms with Gasteiger partial charge in [-0.2, -0.15) is 0 Å². The molecule has 4 heteroatoms. The molecule has 1 amide bonds. The second kappa shape index (κ2) is 8.87. The number of ether oxygens (including phenoxy) is 1. The maximum Gasteiger partial charge on any atom is 0.220 e. The van der Waals surface area contributed by atoms with E-state index in [1.165, 1.54) is 0 Å². The van der Waals surface area contributed by atoms with Crippen LogP contribution in [0, 0.1) is 0 Å². The normalized spacial score (nSPS) is 11.6. The minimum atomic E-state index is -0.120. The predicted octanol–water partition coefficient (Wildman–Crippen LogP) is 3.93. The molecule has 0 saturated heterocycles. The third-order valence-electron chi connectivity index (χ3n) is 3.74. The van der Waals surface area contributed by atoms with Crippen molar-refractivity contribution >= 4 is 11.7 Å². The Kier molecular flexibility index (Phi) is 6.55. The Morgan fingerprint density at radius 1 is 1.00 bits per heavy atom. The van der Waals surface area contributed by atoms with E-state index in [1.54, 1.807) is 24.3 Å². The molecule has 0 aliphatic carbocycles. The Labute approximate surface area is 142 Å². The van der Waals surface area contributed by atoms with Gasteiger partial charge in [0.25, 0.3) is 0 Å². The van der Waals surface area contributed by atoms with Crippen molar-refractivity contribution in [1.82, 2.24) is 5.32 Å². The Morgan fingerprint density at radius 3 is 2.29 bits per heavy atom. The third kappa shape index (κ3) is 5.23. The van der Waals surface area contributed by atoms with Gasteiger partial charge in [-0.3, -0.25) is 9.59 Å². The topological polar surface area (TPSA) is 55.4 Å². The molecule has 1 unspecified atom stereocenters. The number of carbonyl (C=O) groups is 2. The third-order valence-corrected chi connectivity index (χ3v) is 3.74. The number of hydrogen-bond donors (Lipinski definition) is 1. The van der Waals surface area contributed by atoms with Gasteiger partial charge in [0.1, 0.15) is 5.75 Å². The summed E-state index contributed by atoms with van der Waals surface area (Å²) in [6, 6.07) is 16.7. The van der Waals surface area contributed by atoms with Crippen LogP contribution in [0.4, 0.5) is 0 Å². The summed E-state index contributed by atoms with van der Waals surface area (Å²) in [6.07, 6.45) is 0.380. The van der Waals surface area contributed by atoms with E-state index in [4.69, 9.17) is 4.74 Å². The molecule has 2 rings (SSSR count). The average Bonchev–Trinajstić information content (AvgIpc) is 2.61. The van der Waals surface area contributed by atoms with Crippen LogP contribution in [0.25, 0.3) is 0 Å². The summed E-state index contributed by atoms with van der Waals surface area (Å²) in [4.78, 5) is 24.2. The fraction of sp³-hybridized carbons (Fsp3) is 0.300. The maximum atomic E-state index is 12.2. The van der Waals surface area contributed by atoms with Gasteiger partial charge in [-0.05, 0) is 43.7 Å². The summed E-state index contributed by atoms with van der Waals surface area (Å²) in [5.74, 6) is 0.578. The molecule has 0 fully saturated rings. The smallest absolute Gasteiger partial charge is 0.220 e. The summed E-state index contributed by atoms with van der Waals surface area (Å²) in [5.41, 5.74) is 1.64. The van der Waals surface area contributed by atoms with Crippen molar-refractivity contribution in [2.24, 2.45) is 0 Å². The predicted molar refractivity (Wildman–Crippen MR) is 94.2 cm³/mol. The van der Waals surface area contributed by atoms with Crippen LogP contribution in [0.5, 0.6) is 5.75 Å². The molecule has 24 heavy (non-hydrogen) atoms. The standard InChI is InChI=1S/C20H23NO3/c1-3-24-18-11-9-17(10-12-18)19(22)13-14-20(23)21-15(2)16-7-5-4-6-8-16/h4-12,15H,3,13-14H2,1-2H3,(H,21,23). The van der Waals surface area contributed by atoms with Crippen molar-refractivity contribution < 1.29 is 14.3 Å². The van der Waals surface area contributed by atoms with E-state index in [2.05, 4.69) is 5.32 Å². The number of benzene rings is 2. The lowest BCUT2D eigenvalue weighted by atomic mass is 10.1. The molecule has 2 aromatic rings. The van der Waals surface area contributed by atoms with Crippen molar-refractivity contribution in [3.63, 3.8) is 0 Å². The lowest BCUT2D eigenvalue weighted by Crippen LogP contribution is -2.26. The highest BCUT2D eigenvalue weighted by molar-refractivity contribution is 5.98. The van der Waals surface area contributed by atoms with Crippen molar-refractivity contribution in [1.29, 1.82) is 0 Å². The molecule has 0 radical (unpaired) electrons. The molecule has 1 atom stereocenters. The summed E-state index contributed by atoms with van der Waals surface area (Å²) in [7, 11) is 0. The average molecular weight is 325 g/mol. The van der Waals surface area contributed by atoms with Crippen molar-refractivity contribution in [3.05, 3.63) is 65.7 Å². The Morgan fingerprint density at radius 2 is 1.67 bits per heavy atom. The van der Waals surface area contributed by atoms with Gasteiger partial charge < -0.3 is 10.1 Å². The van der Waals surface area contributed by atoms with Gasteiger partial charge in [0, 0.05) is 18.4 Å². The molecule has 1 N–H and O–H groups in total. The second-order valence-electron chi connectivity index (χ2n) is 5.58. The zero-order valence-electron chi connectivity index (χ0n) is 14.1. The van der Waals surface area contributed by atoms with E-state index >= 15 is 0 Å². The molecule has 0 heterocycles. The van der Waals surface area contributed by atoms with Crippen LogP contribution in [0.3, 0.4) is 0 Å². The number of carbonyl (C=O) groups excluding carboxylic acids is 2. The van der Waals surface area contributed by atoms with Gasteiger partial charge in [0.2, 0.25) is 5.91 Å². The van der Waals surface area contributed by atoms with Crippen LogP contribution in [0.1, 0.15) is 48.7 Å². The number of nitrogens with one attached hydrogen (secondary N) is 1. The van der Waals surface area contributed by atoms with E-state index in [1.807, 2.05) is 44.2 Å². The van der Waals surface area contributed by atoms with Crippen LogP contribution < -0.4 is 10.1 Å². The molecule has 0 saturated carbocycles. The molecule has 0 aromatic heterocycles. The zero-order chi connectivity index (χ0) is 17.4. The van der Waals surface area contributed by atoms with Crippen LogP contribution >= 0.6 is 0 Å². The minimum Gasteiger partial charge on any atom is -0.494 e. The van der Waals surface area contributed by atoms with Crippen molar-refractivity contribution in [3.8, 4) is 5.75 Å². The van der Waals surface area contributed by atoms with Gasteiger partial charge in [-0.15, -0.1) is 0 Å². The fourth-order valence-electron chi connectivity index (χ4n) is 2.41. The van der Waals surface area contributed by atoms with E-state index < -0.39 is 0 Å². The summed E-state index contributed by atoms with van der Waals surface area (Å²) >= 11 is 0. The first-order chi connectivity index (χ1) is 11.6. The summed E-state index contributed by atoms with van der Waals surface area (Å²) in [5, 5.41) is 2.92. The highest BCUT2D eigenvalue weighted by atomic mass is 16.5. The lowest BCUT2D eigenvalue weighted by Gasteiger charge is -2.14. The molecule has 0 spiro atoms. The summed E-state index contributed by atoms with van der Waals surface area (Å²) < 4.78 is 5.35. The summed E-state index contributed by atoms with van der Waals surface area (Å²) in [6.45, 7) is 4.43. The van der Waals surface area contributed by atoms with Gasteiger partial charge in [0.05, 0.1) is 12.6 Å². The largest absolute Gasteiger partial charge is 0.494 e. The van der Waals surface area contributed by atoms with E-state index in [9.17, 15) is 9.59 Å². The molecule has 0 aliphatic rings. The van der Waals surface area contributed by atoms with Crippen LogP contribution in [-0.2, 0) is 4.79 Å². The highest BCUT2D eigenvalue weighted by Gasteiger charge is 2.12. The van der Waals surface area contributed by atoms with Crippen molar-refractivity contribution in [2.75, 3.05) is 6.61 Å². The zero-order valence-corrected chi connectivity index (χ0v) is 14.1. The quantitative estimate of drug-likeness (QED) is 0.748. The highest BCUT2D eigenvalue weighted by Crippen LogP contribution is 2.15. The fourth-order valence-corrected chi connectivity index (χ4v) is 2.41. The Bertz CT molecular complexity index is 665. The van der Waals surface area contributed by atoms with Gasteiger partial charge in [0.15, 0.2) is 5.78 Å². The van der Waals surface area contributed by atoms with Crippen LogP contribution in [0.2, 0.25) is 0 Å². The number of amides is 1. The monoisotopic (exact) mass is 325 g/mol. The number of Topliss-reactive ketones (excluding diaryl/α,β-unsaturated/α-hetero) is 1. The molecule has 4 nitrogen and oxygen atoms in total. The van der Waals surface area contributed by atoms with E-state index in [0.717, 1.165) is 11.3 Å². The maximum absolute atomic E-state index is 12.2. The molecular formula is C20H23NO3. The molecule has 0 aliphatic heterocycles. The molecule has 126 valence electrons. The molecule has 0 bridgehead atoms. The van der Waals surface area contributed by atoms with Crippen LogP contribution in [0.15, 0.2) is 54.6 Å². The SMILES string of the molecule is CCOc1ccc(C(=O)CCC(=O)NC(C)c2ccccc2)cc1. The second-order valence-corrected chi connectivity index (χ2v) is 5.58. The van der Waals surface area contributed by atoms with Gasteiger partial charge in [-0.25, -0.2) is 0 Å². The first-order valence-corrected chi connectivity index (χ1v) is 8.20. The van der Waals surface area contributed by atoms with Gasteiger partial charge >= 0.3 is 0 Å². The lowest BCUT2D eigenvalue weighted by molar-refractivity contribution is -0.121. The number of hydrogen-bond acceptors (Lipinski definition) is 3. The van der Waals surface area contributed by atoms with E-state index in [0.29, 0.717) is 12.2 Å².